The number of carbonyl (C=O) groups is 1. The average Bonchev–Trinajstić information content (AvgIpc) is 3.12. The lowest BCUT2D eigenvalue weighted by Crippen LogP contribution is -2.48. The van der Waals surface area contributed by atoms with E-state index in [-0.39, 0.29) is 20.6 Å². The molecule has 1 aliphatic rings. The molecule has 1 aromatic heterocycles. The summed E-state index contributed by atoms with van der Waals surface area (Å²) >= 11 is 12.0. The number of piperazine rings is 1. The van der Waals surface area contributed by atoms with Crippen LogP contribution in [0.25, 0.3) is 0 Å². The predicted molar refractivity (Wildman–Crippen MR) is 98.2 cm³/mol. The molecule has 1 aromatic carbocycles. The summed E-state index contributed by atoms with van der Waals surface area (Å²) in [6.07, 6.45) is 1.49. The molecule has 27 heavy (non-hydrogen) atoms. The zero-order valence-electron chi connectivity index (χ0n) is 14.4. The van der Waals surface area contributed by atoms with Crippen LogP contribution in [-0.4, -0.2) is 71.9 Å². The second kappa shape index (κ2) is 8.11. The van der Waals surface area contributed by atoms with Crippen molar-refractivity contribution in [3.8, 4) is 0 Å². The second-order valence-corrected chi connectivity index (χ2v) is 8.54. The molecule has 0 N–H and O–H groups in total. The third-order valence-corrected chi connectivity index (χ3v) is 7.02. The van der Waals surface area contributed by atoms with Gasteiger partial charge < -0.3 is 4.74 Å². The van der Waals surface area contributed by atoms with Crippen LogP contribution >= 0.6 is 23.2 Å². The van der Waals surface area contributed by atoms with Crippen LogP contribution in [0, 0.1) is 0 Å². The number of esters is 1. The number of carbonyl (C=O) groups excluding carboxylic acids is 1. The third-order valence-electron chi connectivity index (χ3n) is 4.14. The summed E-state index contributed by atoms with van der Waals surface area (Å²) in [6.45, 7) is 1.96. The number of nitrogens with zero attached hydrogens (tertiary/aromatic N) is 5. The van der Waals surface area contributed by atoms with Crippen molar-refractivity contribution in [3.05, 3.63) is 40.1 Å². The number of ether oxygens (including phenoxy) is 1. The summed E-state index contributed by atoms with van der Waals surface area (Å²) < 4.78 is 33.1. The minimum atomic E-state index is -3.73. The summed E-state index contributed by atoms with van der Waals surface area (Å²) in [4.78, 5) is 13.4. The van der Waals surface area contributed by atoms with Crippen molar-refractivity contribution in [2.24, 2.45) is 0 Å². The van der Waals surface area contributed by atoms with E-state index < -0.39 is 16.0 Å². The molecule has 0 spiro atoms. The van der Waals surface area contributed by atoms with Gasteiger partial charge in [-0.3, -0.25) is 4.90 Å². The van der Waals surface area contributed by atoms with Crippen molar-refractivity contribution >= 4 is 39.2 Å². The Morgan fingerprint density at radius 2 is 1.93 bits per heavy atom. The molecule has 0 atom stereocenters. The van der Waals surface area contributed by atoms with Gasteiger partial charge in [-0.2, -0.15) is 4.31 Å². The van der Waals surface area contributed by atoms with Crippen LogP contribution in [0.1, 0.15) is 10.5 Å². The van der Waals surface area contributed by atoms with Crippen LogP contribution in [0.5, 0.6) is 0 Å². The SMILES string of the molecule is COC(=O)c1cn(CN2CCN(S(=O)(=O)c3cccc(Cl)c3Cl)CC2)nn1. The van der Waals surface area contributed by atoms with Crippen molar-refractivity contribution in [2.45, 2.75) is 11.6 Å². The lowest BCUT2D eigenvalue weighted by atomic mass is 10.4. The van der Waals surface area contributed by atoms with Crippen molar-refractivity contribution < 1.29 is 17.9 Å². The topological polar surface area (TPSA) is 97.6 Å². The molecule has 12 heteroatoms. The largest absolute Gasteiger partial charge is 0.464 e. The molecular formula is C15H17Cl2N5O4S. The lowest BCUT2D eigenvalue weighted by Gasteiger charge is -2.33. The van der Waals surface area contributed by atoms with Gasteiger partial charge in [0.15, 0.2) is 5.69 Å². The van der Waals surface area contributed by atoms with Gasteiger partial charge in [0.1, 0.15) is 4.90 Å². The zero-order chi connectivity index (χ0) is 19.6. The smallest absolute Gasteiger partial charge is 0.360 e. The third kappa shape index (κ3) is 4.25. The molecule has 0 unspecified atom stereocenters. The number of rotatable bonds is 5. The zero-order valence-corrected chi connectivity index (χ0v) is 16.7. The molecule has 0 aliphatic carbocycles. The fraction of sp³-hybridized carbons (Fsp3) is 0.400. The monoisotopic (exact) mass is 433 g/mol. The maximum absolute atomic E-state index is 12.8. The Balaban J connectivity index is 1.64. The van der Waals surface area contributed by atoms with Gasteiger partial charge in [0.25, 0.3) is 0 Å². The Bertz CT molecular complexity index is 941. The van der Waals surface area contributed by atoms with Crippen molar-refractivity contribution in [2.75, 3.05) is 33.3 Å². The van der Waals surface area contributed by atoms with Gasteiger partial charge in [0, 0.05) is 26.2 Å². The molecule has 146 valence electrons. The van der Waals surface area contributed by atoms with Crippen LogP contribution in [0.3, 0.4) is 0 Å². The molecule has 3 rings (SSSR count). The summed E-state index contributed by atoms with van der Waals surface area (Å²) in [7, 11) is -2.46. The molecule has 0 saturated carbocycles. The fourth-order valence-electron chi connectivity index (χ4n) is 2.70. The summed E-state index contributed by atoms with van der Waals surface area (Å²) in [5.74, 6) is -0.560. The summed E-state index contributed by atoms with van der Waals surface area (Å²) in [6, 6.07) is 4.54. The van der Waals surface area contributed by atoms with Gasteiger partial charge in [-0.25, -0.2) is 17.9 Å². The van der Waals surface area contributed by atoms with Crippen molar-refractivity contribution in [3.63, 3.8) is 0 Å². The van der Waals surface area contributed by atoms with E-state index in [1.54, 1.807) is 12.1 Å². The molecule has 1 fully saturated rings. The highest BCUT2D eigenvalue weighted by atomic mass is 35.5. The first-order valence-corrected chi connectivity index (χ1v) is 10.2. The Labute approximate surface area is 166 Å². The van der Waals surface area contributed by atoms with Crippen molar-refractivity contribution in [1.29, 1.82) is 0 Å². The van der Waals surface area contributed by atoms with Gasteiger partial charge in [0.2, 0.25) is 10.0 Å². The normalized spacial score (nSPS) is 16.4. The van der Waals surface area contributed by atoms with E-state index in [0.717, 1.165) is 0 Å². The van der Waals surface area contributed by atoms with E-state index in [0.29, 0.717) is 32.8 Å². The Morgan fingerprint density at radius 3 is 2.59 bits per heavy atom. The molecule has 1 saturated heterocycles. The van der Waals surface area contributed by atoms with Crippen LogP contribution < -0.4 is 0 Å². The highest BCUT2D eigenvalue weighted by molar-refractivity contribution is 7.89. The molecular weight excluding hydrogens is 417 g/mol. The maximum Gasteiger partial charge on any atom is 0.360 e. The van der Waals surface area contributed by atoms with E-state index in [9.17, 15) is 13.2 Å². The second-order valence-electron chi connectivity index (χ2n) is 5.85. The fourth-order valence-corrected chi connectivity index (χ4v) is 4.86. The van der Waals surface area contributed by atoms with Gasteiger partial charge in [-0.1, -0.05) is 34.5 Å². The molecule has 0 amide bonds. The molecule has 1 aliphatic heterocycles. The van der Waals surface area contributed by atoms with Gasteiger partial charge in [-0.05, 0) is 12.1 Å². The number of halogens is 2. The molecule has 9 nitrogen and oxygen atoms in total. The number of methoxy groups -OCH3 is 1. The highest BCUT2D eigenvalue weighted by Gasteiger charge is 2.30. The maximum atomic E-state index is 12.8. The number of sulfonamides is 1. The molecule has 0 radical (unpaired) electrons. The minimum absolute atomic E-state index is 0.00381. The first kappa shape index (κ1) is 20.0. The van der Waals surface area contributed by atoms with E-state index in [2.05, 4.69) is 15.0 Å². The van der Waals surface area contributed by atoms with E-state index >= 15 is 0 Å². The Hall–Kier alpha value is -1.72. The number of aromatic nitrogens is 3. The van der Waals surface area contributed by atoms with Crippen LogP contribution in [0.4, 0.5) is 0 Å². The van der Waals surface area contributed by atoms with Crippen LogP contribution in [0.15, 0.2) is 29.3 Å². The van der Waals surface area contributed by atoms with Crippen molar-refractivity contribution in [1.82, 2.24) is 24.2 Å². The minimum Gasteiger partial charge on any atom is -0.464 e. The van der Waals surface area contributed by atoms with Crippen LogP contribution in [-0.2, 0) is 21.4 Å². The van der Waals surface area contributed by atoms with E-state index in [1.807, 2.05) is 4.90 Å². The standard InChI is InChI=1S/C15H17Cl2N5O4S/c1-26-15(23)12-9-21(19-18-12)10-20-5-7-22(8-6-20)27(24,25)13-4-2-3-11(16)14(13)17/h2-4,9H,5-8,10H2,1H3. The first-order valence-electron chi connectivity index (χ1n) is 7.98. The van der Waals surface area contributed by atoms with E-state index in [1.165, 1.54) is 28.4 Å². The molecule has 0 bridgehead atoms. The van der Waals surface area contributed by atoms with Gasteiger partial charge >= 0.3 is 5.97 Å². The predicted octanol–water partition coefficient (Wildman–Crippen LogP) is 1.34. The lowest BCUT2D eigenvalue weighted by molar-refractivity contribution is 0.0593. The molecule has 2 aromatic rings. The Morgan fingerprint density at radius 1 is 1.22 bits per heavy atom. The van der Waals surface area contributed by atoms with E-state index in [4.69, 9.17) is 23.2 Å². The summed E-state index contributed by atoms with van der Waals surface area (Å²) in [5.41, 5.74) is 0.120. The number of benzene rings is 1. The molecule has 2 heterocycles. The summed E-state index contributed by atoms with van der Waals surface area (Å²) in [5, 5.41) is 7.84. The highest BCUT2D eigenvalue weighted by Crippen LogP contribution is 2.31. The number of hydrogen-bond acceptors (Lipinski definition) is 7. The van der Waals surface area contributed by atoms with Crippen LogP contribution in [0.2, 0.25) is 10.0 Å². The first-order chi connectivity index (χ1) is 12.8. The van der Waals surface area contributed by atoms with Gasteiger partial charge in [-0.15, -0.1) is 5.10 Å². The quantitative estimate of drug-likeness (QED) is 0.655. The van der Waals surface area contributed by atoms with Gasteiger partial charge in [0.05, 0.1) is 30.0 Å². The average molecular weight is 434 g/mol. The number of hydrogen-bond donors (Lipinski definition) is 0. The Kier molecular flexibility index (Phi) is 6.02.